The Kier molecular flexibility index (Phi) is 8.95. The quantitative estimate of drug-likeness (QED) is 0.430. The van der Waals surface area contributed by atoms with Gasteiger partial charge < -0.3 is 15.1 Å². The van der Waals surface area contributed by atoms with Crippen LogP contribution >= 0.6 is 39.7 Å². The zero-order valence-corrected chi connectivity index (χ0v) is 23.3. The molecule has 1 aliphatic carbocycles. The Bertz CT molecular complexity index is 988. The standard InChI is InChI=1S/C27H34BrN3O2S.ClH/c28-22-8-6-20(7-9-22)19-31-17-13-27(26(31)33)11-15-30(16-12-27)14-10-23(24-5-2-18-34-24)29-25(32)21-3-1-4-21;/h2,5-9,18,21,23H,1,3-4,10-17,19H2,(H,29,32);1H. The molecule has 3 fully saturated rings. The number of piperidine rings is 1. The van der Waals surface area contributed by atoms with Gasteiger partial charge in [-0.15, -0.1) is 23.7 Å². The van der Waals surface area contributed by atoms with E-state index in [1.54, 1.807) is 11.3 Å². The van der Waals surface area contributed by atoms with E-state index in [4.69, 9.17) is 0 Å². The fraction of sp³-hybridized carbons (Fsp3) is 0.556. The normalized spacial score (nSPS) is 20.9. The number of amides is 2. The Hall–Kier alpha value is -1.41. The minimum absolute atomic E-state index is 0. The van der Waals surface area contributed by atoms with Crippen LogP contribution in [0.5, 0.6) is 0 Å². The summed E-state index contributed by atoms with van der Waals surface area (Å²) in [5.41, 5.74) is 1.02. The van der Waals surface area contributed by atoms with Crippen molar-refractivity contribution in [2.24, 2.45) is 11.3 Å². The maximum atomic E-state index is 13.4. The van der Waals surface area contributed by atoms with Crippen molar-refractivity contribution in [3.8, 4) is 0 Å². The molecule has 3 heterocycles. The minimum Gasteiger partial charge on any atom is -0.348 e. The van der Waals surface area contributed by atoms with E-state index in [0.717, 1.165) is 69.2 Å². The fourth-order valence-corrected chi connectivity index (χ4v) is 6.65. The molecule has 190 valence electrons. The molecule has 1 saturated carbocycles. The lowest BCUT2D eigenvalue weighted by atomic mass is 9.77. The van der Waals surface area contributed by atoms with Crippen molar-refractivity contribution >= 4 is 51.5 Å². The van der Waals surface area contributed by atoms with Crippen LogP contribution < -0.4 is 5.32 Å². The lowest BCUT2D eigenvalue weighted by molar-refractivity contribution is -0.139. The number of hydrogen-bond acceptors (Lipinski definition) is 4. The van der Waals surface area contributed by atoms with Crippen molar-refractivity contribution in [2.75, 3.05) is 26.2 Å². The topological polar surface area (TPSA) is 52.7 Å². The summed E-state index contributed by atoms with van der Waals surface area (Å²) in [6, 6.07) is 12.6. The van der Waals surface area contributed by atoms with E-state index in [1.165, 1.54) is 16.9 Å². The van der Waals surface area contributed by atoms with Crippen molar-refractivity contribution < 1.29 is 9.59 Å². The first-order valence-corrected chi connectivity index (χ1v) is 14.3. The van der Waals surface area contributed by atoms with Gasteiger partial charge in [0.05, 0.1) is 11.5 Å². The zero-order chi connectivity index (χ0) is 23.5. The van der Waals surface area contributed by atoms with Gasteiger partial charge in [-0.1, -0.05) is 40.5 Å². The number of likely N-dealkylation sites (tertiary alicyclic amines) is 2. The summed E-state index contributed by atoms with van der Waals surface area (Å²) in [6.45, 7) is 4.46. The van der Waals surface area contributed by atoms with E-state index in [-0.39, 0.29) is 35.7 Å². The molecule has 0 bridgehead atoms. The molecular formula is C27H35BrClN3O2S. The molecule has 1 N–H and O–H groups in total. The summed E-state index contributed by atoms with van der Waals surface area (Å²) in [5.74, 6) is 0.787. The third-order valence-corrected chi connectivity index (χ3v) is 9.63. The largest absolute Gasteiger partial charge is 0.348 e. The van der Waals surface area contributed by atoms with Crippen LogP contribution in [0.2, 0.25) is 0 Å². The number of benzene rings is 1. The van der Waals surface area contributed by atoms with Crippen molar-refractivity contribution in [1.29, 1.82) is 0 Å². The van der Waals surface area contributed by atoms with Gasteiger partial charge in [-0.2, -0.15) is 0 Å². The molecule has 2 amide bonds. The lowest BCUT2D eigenvalue weighted by Crippen LogP contribution is -2.45. The van der Waals surface area contributed by atoms with E-state index < -0.39 is 0 Å². The van der Waals surface area contributed by atoms with Crippen LogP contribution in [0.1, 0.15) is 61.4 Å². The predicted molar refractivity (Wildman–Crippen MR) is 147 cm³/mol. The highest BCUT2D eigenvalue weighted by molar-refractivity contribution is 9.10. The molecule has 1 atom stereocenters. The summed E-state index contributed by atoms with van der Waals surface area (Å²) < 4.78 is 1.07. The molecule has 2 aromatic rings. The zero-order valence-electron chi connectivity index (χ0n) is 20.1. The summed E-state index contributed by atoms with van der Waals surface area (Å²) >= 11 is 5.21. The van der Waals surface area contributed by atoms with Gasteiger partial charge in [-0.25, -0.2) is 0 Å². The average molecular weight is 581 g/mol. The van der Waals surface area contributed by atoms with E-state index in [0.29, 0.717) is 12.5 Å². The van der Waals surface area contributed by atoms with Crippen LogP contribution in [0.4, 0.5) is 0 Å². The van der Waals surface area contributed by atoms with E-state index in [2.05, 4.69) is 60.7 Å². The van der Waals surface area contributed by atoms with Crippen LogP contribution in [-0.2, 0) is 16.1 Å². The third kappa shape index (κ3) is 6.12. The van der Waals surface area contributed by atoms with Crippen LogP contribution in [0.3, 0.4) is 0 Å². The molecule has 5 rings (SSSR count). The smallest absolute Gasteiger partial charge is 0.229 e. The first-order valence-electron chi connectivity index (χ1n) is 12.6. The van der Waals surface area contributed by atoms with E-state index in [9.17, 15) is 9.59 Å². The molecular weight excluding hydrogens is 546 g/mol. The Morgan fingerprint density at radius 3 is 2.46 bits per heavy atom. The highest BCUT2D eigenvalue weighted by atomic mass is 79.9. The van der Waals surface area contributed by atoms with Crippen molar-refractivity contribution in [3.05, 3.63) is 56.7 Å². The summed E-state index contributed by atoms with van der Waals surface area (Å²) in [7, 11) is 0. The van der Waals surface area contributed by atoms with Gasteiger partial charge in [0.2, 0.25) is 11.8 Å². The Morgan fingerprint density at radius 1 is 1.11 bits per heavy atom. The van der Waals surface area contributed by atoms with Crippen molar-refractivity contribution in [1.82, 2.24) is 15.1 Å². The minimum atomic E-state index is -0.169. The molecule has 1 unspecified atom stereocenters. The van der Waals surface area contributed by atoms with Gasteiger partial charge in [0.15, 0.2) is 0 Å². The number of rotatable bonds is 8. The van der Waals surface area contributed by atoms with Crippen LogP contribution in [0, 0.1) is 11.3 Å². The Balaban J connectivity index is 0.00000289. The number of nitrogens with one attached hydrogen (secondary N) is 1. The fourth-order valence-electron chi connectivity index (χ4n) is 5.57. The molecule has 2 aliphatic heterocycles. The van der Waals surface area contributed by atoms with Gasteiger partial charge >= 0.3 is 0 Å². The molecule has 35 heavy (non-hydrogen) atoms. The summed E-state index contributed by atoms with van der Waals surface area (Å²) in [6.07, 6.45) is 7.04. The first kappa shape index (κ1) is 26.6. The second kappa shape index (κ2) is 11.8. The molecule has 3 aliphatic rings. The average Bonchev–Trinajstić information content (AvgIpc) is 3.43. The number of halogens is 2. The molecule has 8 heteroatoms. The SMILES string of the molecule is Cl.O=C(NC(CCN1CCC2(CC1)CCN(Cc1ccc(Br)cc1)C2=O)c1cccs1)C1CCC1. The summed E-state index contributed by atoms with van der Waals surface area (Å²) in [5, 5.41) is 5.42. The second-order valence-electron chi connectivity index (χ2n) is 10.2. The van der Waals surface area contributed by atoms with Gasteiger partial charge in [0, 0.05) is 34.9 Å². The Morgan fingerprint density at radius 2 is 1.83 bits per heavy atom. The maximum Gasteiger partial charge on any atom is 0.229 e. The van der Waals surface area contributed by atoms with E-state index >= 15 is 0 Å². The Labute approximate surface area is 227 Å². The molecule has 1 aromatic heterocycles. The predicted octanol–water partition coefficient (Wildman–Crippen LogP) is 5.79. The lowest BCUT2D eigenvalue weighted by Gasteiger charge is -2.38. The van der Waals surface area contributed by atoms with Crippen molar-refractivity contribution in [3.63, 3.8) is 0 Å². The number of carbonyl (C=O) groups is 2. The van der Waals surface area contributed by atoms with Gasteiger partial charge in [-0.3, -0.25) is 9.59 Å². The monoisotopic (exact) mass is 579 g/mol. The second-order valence-corrected chi connectivity index (χ2v) is 12.1. The van der Waals surface area contributed by atoms with Gasteiger partial charge in [0.1, 0.15) is 0 Å². The highest BCUT2D eigenvalue weighted by Crippen LogP contribution is 2.42. The van der Waals surface area contributed by atoms with Crippen molar-refractivity contribution in [2.45, 2.75) is 57.5 Å². The third-order valence-electron chi connectivity index (χ3n) is 8.11. The number of thiophene rings is 1. The highest BCUT2D eigenvalue weighted by Gasteiger charge is 2.47. The van der Waals surface area contributed by atoms with Gasteiger partial charge in [-0.05, 0) is 80.8 Å². The molecule has 0 radical (unpaired) electrons. The number of carbonyl (C=O) groups excluding carboxylic acids is 2. The number of hydrogen-bond donors (Lipinski definition) is 1. The maximum absolute atomic E-state index is 13.4. The van der Waals surface area contributed by atoms with Gasteiger partial charge in [0.25, 0.3) is 0 Å². The molecule has 1 aromatic carbocycles. The van der Waals surface area contributed by atoms with Crippen LogP contribution in [-0.4, -0.2) is 47.8 Å². The molecule has 2 saturated heterocycles. The van der Waals surface area contributed by atoms with Crippen LogP contribution in [0.25, 0.3) is 0 Å². The summed E-state index contributed by atoms with van der Waals surface area (Å²) in [4.78, 5) is 31.8. The first-order chi connectivity index (χ1) is 16.5. The molecule has 5 nitrogen and oxygen atoms in total. The van der Waals surface area contributed by atoms with Crippen LogP contribution in [0.15, 0.2) is 46.3 Å². The number of nitrogens with zero attached hydrogens (tertiary/aromatic N) is 2. The molecule has 1 spiro atoms. The van der Waals surface area contributed by atoms with E-state index in [1.807, 2.05) is 12.1 Å².